The Morgan fingerprint density at radius 3 is 1.00 bits per heavy atom. The Morgan fingerprint density at radius 2 is 0.641 bits per heavy atom. The minimum absolute atomic E-state index is 0.242. The predicted octanol–water partition coefficient (Wildman–Crippen LogP) is 15.1. The predicted molar refractivity (Wildman–Crippen MR) is 411 cm³/mol. The fraction of sp³-hybridized carbons (Fsp3) is 0.917. The molecule has 606 valence electrons. The molecule has 3 aliphatic heterocycles. The molecule has 3 aliphatic rings. The molecule has 3 fully saturated rings. The van der Waals surface area contributed by atoms with Crippen LogP contribution in [0.25, 0.3) is 0 Å². The molecule has 0 aromatic rings. The van der Waals surface area contributed by atoms with Gasteiger partial charge < -0.3 is 89.9 Å². The highest BCUT2D eigenvalue weighted by atomic mass is 16.8. The molecule has 0 saturated carbocycles. The number of amides is 1. The lowest BCUT2D eigenvalue weighted by atomic mass is 9.96. The van der Waals surface area contributed by atoms with E-state index in [1.165, 1.54) is 263 Å². The molecular weight excluding hydrogens is 1310 g/mol. The lowest BCUT2D eigenvalue weighted by Gasteiger charge is -2.48. The molecule has 3 rings (SSSR count). The van der Waals surface area contributed by atoms with Crippen molar-refractivity contribution >= 4 is 5.91 Å². The number of hydrogen-bond donors (Lipinski definition) is 12. The van der Waals surface area contributed by atoms with Crippen LogP contribution in [-0.4, -0.2) is 193 Å². The van der Waals surface area contributed by atoms with Gasteiger partial charge in [-0.3, -0.25) is 4.79 Å². The molecule has 17 unspecified atom stereocenters. The molecular formula is C84H157NO18. The quantitative estimate of drug-likeness (QED) is 0.0199. The molecule has 0 aliphatic carbocycles. The summed E-state index contributed by atoms with van der Waals surface area (Å²) in [6.45, 7) is 1.84. The van der Waals surface area contributed by atoms with Crippen LogP contribution in [0, 0.1) is 0 Å². The zero-order valence-electron chi connectivity index (χ0n) is 65.1. The fourth-order valence-electron chi connectivity index (χ4n) is 14.6. The molecule has 0 aromatic heterocycles. The van der Waals surface area contributed by atoms with Crippen molar-refractivity contribution < 1.29 is 89.4 Å². The lowest BCUT2D eigenvalue weighted by Crippen LogP contribution is -2.66. The van der Waals surface area contributed by atoms with Crippen LogP contribution in [0.2, 0.25) is 0 Å². The number of hydrogen-bond acceptors (Lipinski definition) is 18. The topological polar surface area (TPSA) is 307 Å². The third kappa shape index (κ3) is 44.5. The maximum atomic E-state index is 13.5. The lowest BCUT2D eigenvalue weighted by molar-refractivity contribution is -0.379. The van der Waals surface area contributed by atoms with Crippen LogP contribution < -0.4 is 5.32 Å². The summed E-state index contributed by atoms with van der Waals surface area (Å²) in [6.07, 6.45) is 53.8. The Labute approximate surface area is 625 Å². The first-order valence-corrected chi connectivity index (χ1v) is 42.7. The number of rotatable bonds is 69. The number of carbonyl (C=O) groups excluding carboxylic acids is 1. The van der Waals surface area contributed by atoms with E-state index in [9.17, 15) is 61.0 Å². The summed E-state index contributed by atoms with van der Waals surface area (Å²) in [5.41, 5.74) is 0. The van der Waals surface area contributed by atoms with Crippen molar-refractivity contribution in [2.75, 3.05) is 26.4 Å². The molecule has 0 aromatic carbocycles. The summed E-state index contributed by atoms with van der Waals surface area (Å²) in [4.78, 5) is 13.5. The number of aliphatic hydroxyl groups is 11. The van der Waals surface area contributed by atoms with Crippen LogP contribution in [0.3, 0.4) is 0 Å². The highest BCUT2D eigenvalue weighted by Crippen LogP contribution is 2.33. The molecule has 103 heavy (non-hydrogen) atoms. The monoisotopic (exact) mass is 1470 g/mol. The van der Waals surface area contributed by atoms with E-state index in [0.717, 1.165) is 64.2 Å². The highest BCUT2D eigenvalue weighted by Gasteiger charge is 2.54. The van der Waals surface area contributed by atoms with E-state index in [1.807, 2.05) is 0 Å². The largest absolute Gasteiger partial charge is 0.394 e. The molecule has 1 amide bonds. The molecule has 17 atom stereocenters. The van der Waals surface area contributed by atoms with Crippen LogP contribution in [-0.2, 0) is 33.2 Å². The van der Waals surface area contributed by atoms with Gasteiger partial charge in [0.2, 0.25) is 5.91 Å². The first-order valence-electron chi connectivity index (χ1n) is 42.7. The SMILES string of the molecule is CCCCCCC/C=C\C/C=C\C/C=C\CCCCCCCCCCCCC(=O)NC(COC1OC(CO)C(OC2OC(CO)C(OC3OC(CO)C(O)C(O)C3O)C(O)C2O)C(O)C1O)C(O)CCCCCCCCCCCCCCCCCCCCCCCCCCCCCCCCCCC. The second-order valence-electron chi connectivity index (χ2n) is 30.7. The molecule has 0 bridgehead atoms. The Morgan fingerprint density at radius 1 is 0.350 bits per heavy atom. The number of allylic oxidation sites excluding steroid dienone is 6. The average Bonchev–Trinajstić information content (AvgIpc) is 0.781. The Hall–Kier alpha value is -1.99. The molecule has 3 saturated heterocycles. The van der Waals surface area contributed by atoms with Crippen molar-refractivity contribution in [2.45, 2.75) is 465 Å². The second-order valence-corrected chi connectivity index (χ2v) is 30.7. The molecule has 19 heteroatoms. The van der Waals surface area contributed by atoms with Gasteiger partial charge in [0.25, 0.3) is 0 Å². The van der Waals surface area contributed by atoms with E-state index >= 15 is 0 Å². The summed E-state index contributed by atoms with van der Waals surface area (Å²) in [5.74, 6) is -0.242. The number of unbranched alkanes of at least 4 members (excludes halogenated alkanes) is 47. The van der Waals surface area contributed by atoms with Gasteiger partial charge in [-0.2, -0.15) is 0 Å². The van der Waals surface area contributed by atoms with Gasteiger partial charge in [-0.25, -0.2) is 0 Å². The van der Waals surface area contributed by atoms with Gasteiger partial charge in [0.05, 0.1) is 38.6 Å². The van der Waals surface area contributed by atoms with Crippen LogP contribution in [0.5, 0.6) is 0 Å². The molecule has 0 spiro atoms. The van der Waals surface area contributed by atoms with Gasteiger partial charge in [-0.05, 0) is 51.4 Å². The third-order valence-corrected chi connectivity index (χ3v) is 21.5. The molecule has 3 heterocycles. The Balaban J connectivity index is 1.34. The smallest absolute Gasteiger partial charge is 0.220 e. The first-order chi connectivity index (χ1) is 50.3. The van der Waals surface area contributed by atoms with E-state index in [4.69, 9.17) is 28.4 Å². The number of carbonyl (C=O) groups is 1. The third-order valence-electron chi connectivity index (χ3n) is 21.5. The van der Waals surface area contributed by atoms with E-state index in [-0.39, 0.29) is 18.9 Å². The number of aliphatic hydroxyl groups excluding tert-OH is 11. The Kier molecular flexibility index (Phi) is 59.9. The molecule has 0 radical (unpaired) electrons. The van der Waals surface area contributed by atoms with Crippen LogP contribution in [0.4, 0.5) is 0 Å². The first kappa shape index (κ1) is 95.2. The average molecular weight is 1470 g/mol. The minimum atomic E-state index is -1.97. The van der Waals surface area contributed by atoms with Gasteiger partial charge in [0, 0.05) is 6.42 Å². The van der Waals surface area contributed by atoms with Gasteiger partial charge in [0.1, 0.15) is 73.2 Å². The van der Waals surface area contributed by atoms with Crippen LogP contribution in [0.1, 0.15) is 361 Å². The van der Waals surface area contributed by atoms with Crippen molar-refractivity contribution in [1.82, 2.24) is 5.32 Å². The van der Waals surface area contributed by atoms with Crippen molar-refractivity contribution in [3.8, 4) is 0 Å². The highest BCUT2D eigenvalue weighted by molar-refractivity contribution is 5.76. The summed E-state index contributed by atoms with van der Waals surface area (Å²) in [6, 6.07) is -0.892. The van der Waals surface area contributed by atoms with E-state index in [1.54, 1.807) is 0 Å². The normalized spacial score (nSPS) is 26.2. The van der Waals surface area contributed by atoms with Crippen molar-refractivity contribution in [3.63, 3.8) is 0 Å². The summed E-state index contributed by atoms with van der Waals surface area (Å²) >= 11 is 0. The maximum Gasteiger partial charge on any atom is 0.220 e. The Bertz CT molecular complexity index is 2000. The van der Waals surface area contributed by atoms with E-state index in [0.29, 0.717) is 12.8 Å². The summed E-state index contributed by atoms with van der Waals surface area (Å²) < 4.78 is 34.6. The van der Waals surface area contributed by atoms with Gasteiger partial charge in [0.15, 0.2) is 18.9 Å². The van der Waals surface area contributed by atoms with Crippen molar-refractivity contribution in [3.05, 3.63) is 36.5 Å². The summed E-state index contributed by atoms with van der Waals surface area (Å²) in [5, 5.41) is 121. The van der Waals surface area contributed by atoms with Crippen LogP contribution >= 0.6 is 0 Å². The van der Waals surface area contributed by atoms with Crippen molar-refractivity contribution in [2.24, 2.45) is 0 Å². The van der Waals surface area contributed by atoms with Gasteiger partial charge in [-0.15, -0.1) is 0 Å². The maximum absolute atomic E-state index is 13.5. The van der Waals surface area contributed by atoms with E-state index < -0.39 is 124 Å². The molecule has 12 N–H and O–H groups in total. The molecule has 19 nitrogen and oxygen atoms in total. The van der Waals surface area contributed by atoms with Crippen molar-refractivity contribution in [1.29, 1.82) is 0 Å². The number of nitrogens with one attached hydrogen (secondary N) is 1. The second kappa shape index (κ2) is 64.8. The van der Waals surface area contributed by atoms with Gasteiger partial charge >= 0.3 is 0 Å². The standard InChI is InChI=1S/C84H157NO18/c1-3-5-7-9-11-13-15-17-19-21-23-25-27-29-30-31-32-33-34-35-36-38-39-41-43-45-47-49-51-53-55-57-59-61-68(89)67(85-72(90)62-60-58-56-54-52-50-48-46-44-42-40-37-28-26-24-22-20-18-16-14-12-10-8-6-4-2)66-98-82-78(96)75(93)80(70(64-87)100-82)103-84-79(97)76(94)81(71(65-88)101-84)102-83-77(95)74(92)73(91)69(63-86)99-83/h16,18,22,24,28,37,67-71,73-84,86-89,91-97H,3-15,17,19-21,23,25-27,29-36,38-66H2,1-2H3,(H,85,90)/b18-16-,24-22-,37-28-. The number of ether oxygens (including phenoxy) is 6. The van der Waals surface area contributed by atoms with Gasteiger partial charge in [-0.1, -0.05) is 339 Å². The summed E-state index contributed by atoms with van der Waals surface area (Å²) in [7, 11) is 0. The zero-order valence-corrected chi connectivity index (χ0v) is 65.1. The zero-order chi connectivity index (χ0) is 74.6. The minimum Gasteiger partial charge on any atom is -0.394 e. The van der Waals surface area contributed by atoms with Crippen LogP contribution in [0.15, 0.2) is 36.5 Å². The fourth-order valence-corrected chi connectivity index (χ4v) is 14.6. The van der Waals surface area contributed by atoms with E-state index in [2.05, 4.69) is 55.6 Å².